The highest BCUT2D eigenvalue weighted by molar-refractivity contribution is 6.04. The Hall–Kier alpha value is -2.96. The maximum atomic E-state index is 12.6. The molecule has 0 aliphatic heterocycles. The summed E-state index contributed by atoms with van der Waals surface area (Å²) in [4.78, 5) is 40.7. The van der Waals surface area contributed by atoms with E-state index in [1.165, 1.54) is 10.8 Å². The molecule has 1 aromatic heterocycles. The summed E-state index contributed by atoms with van der Waals surface area (Å²) in [5.41, 5.74) is -0.0830. The summed E-state index contributed by atoms with van der Waals surface area (Å²) in [7, 11) is 0. The molecule has 1 heterocycles. The van der Waals surface area contributed by atoms with E-state index in [9.17, 15) is 14.4 Å². The van der Waals surface area contributed by atoms with Gasteiger partial charge in [-0.15, -0.1) is 0 Å². The fourth-order valence-corrected chi connectivity index (χ4v) is 2.16. The van der Waals surface area contributed by atoms with Gasteiger partial charge in [0.05, 0.1) is 12.8 Å². The Morgan fingerprint density at radius 1 is 1.25 bits per heavy atom. The van der Waals surface area contributed by atoms with Gasteiger partial charge in [0.1, 0.15) is 5.69 Å². The Balaban J connectivity index is 2.39. The summed E-state index contributed by atoms with van der Waals surface area (Å²) < 4.78 is 6.12. The molecule has 1 aromatic carbocycles. The van der Waals surface area contributed by atoms with Crippen LogP contribution >= 0.6 is 0 Å². The molecule has 0 radical (unpaired) electrons. The number of rotatable bonds is 5. The van der Waals surface area contributed by atoms with Gasteiger partial charge in [-0.05, 0) is 32.9 Å². The molecule has 0 saturated carbocycles. The SMILES string of the molecule is CCOC(=O)c1ncc(NC(=O)c2ccccc2)c(=O)n1C(C)C. The number of benzene rings is 1. The van der Waals surface area contributed by atoms with E-state index in [1.807, 2.05) is 0 Å². The van der Waals surface area contributed by atoms with Gasteiger partial charge in [0.2, 0.25) is 5.82 Å². The molecule has 2 aromatic rings. The zero-order valence-corrected chi connectivity index (χ0v) is 13.8. The zero-order chi connectivity index (χ0) is 17.7. The molecular weight excluding hydrogens is 310 g/mol. The van der Waals surface area contributed by atoms with Gasteiger partial charge in [-0.2, -0.15) is 0 Å². The molecule has 0 saturated heterocycles. The molecule has 1 amide bonds. The van der Waals surface area contributed by atoms with Gasteiger partial charge in [0.25, 0.3) is 11.5 Å². The van der Waals surface area contributed by atoms with E-state index in [0.29, 0.717) is 5.56 Å². The van der Waals surface area contributed by atoms with Gasteiger partial charge in [0, 0.05) is 11.6 Å². The first kappa shape index (κ1) is 17.4. The molecule has 7 heteroatoms. The predicted octanol–water partition coefficient (Wildman–Crippen LogP) is 2.25. The fourth-order valence-electron chi connectivity index (χ4n) is 2.16. The zero-order valence-electron chi connectivity index (χ0n) is 13.8. The molecule has 0 spiro atoms. The van der Waals surface area contributed by atoms with Crippen LogP contribution in [0.25, 0.3) is 0 Å². The van der Waals surface area contributed by atoms with E-state index >= 15 is 0 Å². The average Bonchev–Trinajstić information content (AvgIpc) is 2.57. The maximum Gasteiger partial charge on any atom is 0.374 e. The topological polar surface area (TPSA) is 90.3 Å². The van der Waals surface area contributed by atoms with Crippen LogP contribution in [0.5, 0.6) is 0 Å². The van der Waals surface area contributed by atoms with E-state index in [2.05, 4.69) is 10.3 Å². The lowest BCUT2D eigenvalue weighted by atomic mass is 10.2. The lowest BCUT2D eigenvalue weighted by Gasteiger charge is -2.16. The van der Waals surface area contributed by atoms with Crippen molar-refractivity contribution in [1.82, 2.24) is 9.55 Å². The highest BCUT2D eigenvalue weighted by Gasteiger charge is 2.20. The molecule has 0 atom stereocenters. The van der Waals surface area contributed by atoms with Gasteiger partial charge in [-0.1, -0.05) is 18.2 Å². The van der Waals surface area contributed by atoms with Crippen LogP contribution in [0.15, 0.2) is 41.3 Å². The standard InChI is InChI=1S/C17H19N3O4/c1-4-24-17(23)14-18-10-13(16(22)20(14)11(2)3)19-15(21)12-8-6-5-7-9-12/h5-11H,4H2,1-3H3,(H,19,21). The van der Waals surface area contributed by atoms with Crippen LogP contribution in [0.4, 0.5) is 5.69 Å². The number of hydrogen-bond donors (Lipinski definition) is 1. The highest BCUT2D eigenvalue weighted by Crippen LogP contribution is 2.10. The summed E-state index contributed by atoms with van der Waals surface area (Å²) in [5.74, 6) is -1.19. The van der Waals surface area contributed by atoms with E-state index in [4.69, 9.17) is 4.74 Å². The number of anilines is 1. The predicted molar refractivity (Wildman–Crippen MR) is 89.2 cm³/mol. The van der Waals surface area contributed by atoms with Gasteiger partial charge < -0.3 is 10.1 Å². The van der Waals surface area contributed by atoms with Crippen molar-refractivity contribution in [2.45, 2.75) is 26.8 Å². The minimum absolute atomic E-state index is 0.00519. The Kier molecular flexibility index (Phi) is 5.47. The van der Waals surface area contributed by atoms with Crippen LogP contribution in [0.1, 0.15) is 47.8 Å². The number of hydrogen-bond acceptors (Lipinski definition) is 5. The third kappa shape index (κ3) is 3.68. The van der Waals surface area contributed by atoms with E-state index in [1.54, 1.807) is 51.1 Å². The smallest absolute Gasteiger partial charge is 0.374 e. The molecule has 0 aliphatic rings. The van der Waals surface area contributed by atoms with Crippen molar-refractivity contribution < 1.29 is 14.3 Å². The second kappa shape index (κ2) is 7.54. The molecule has 7 nitrogen and oxygen atoms in total. The van der Waals surface area contributed by atoms with Crippen LogP contribution < -0.4 is 10.9 Å². The lowest BCUT2D eigenvalue weighted by molar-refractivity contribution is 0.0501. The van der Waals surface area contributed by atoms with Gasteiger partial charge in [0.15, 0.2) is 0 Å². The first-order valence-corrected chi connectivity index (χ1v) is 7.60. The fraction of sp³-hybridized carbons (Fsp3) is 0.294. The molecule has 1 N–H and O–H groups in total. The van der Waals surface area contributed by atoms with Crippen molar-refractivity contribution in [3.8, 4) is 0 Å². The number of aromatic nitrogens is 2. The van der Waals surface area contributed by atoms with Crippen molar-refractivity contribution in [2.24, 2.45) is 0 Å². The van der Waals surface area contributed by atoms with Crippen LogP contribution in [-0.4, -0.2) is 28.0 Å². The molecule has 126 valence electrons. The van der Waals surface area contributed by atoms with Crippen molar-refractivity contribution in [2.75, 3.05) is 11.9 Å². The monoisotopic (exact) mass is 329 g/mol. The minimum Gasteiger partial charge on any atom is -0.460 e. The first-order valence-electron chi connectivity index (χ1n) is 7.60. The second-order valence-electron chi connectivity index (χ2n) is 5.31. The number of nitrogens with zero attached hydrogens (tertiary/aromatic N) is 2. The number of esters is 1. The first-order chi connectivity index (χ1) is 11.5. The summed E-state index contributed by atoms with van der Waals surface area (Å²) >= 11 is 0. The molecule has 0 fully saturated rings. The Morgan fingerprint density at radius 2 is 1.92 bits per heavy atom. The van der Waals surface area contributed by atoms with Gasteiger partial charge >= 0.3 is 5.97 Å². The van der Waals surface area contributed by atoms with Gasteiger partial charge in [-0.25, -0.2) is 9.78 Å². The average molecular weight is 329 g/mol. The minimum atomic E-state index is -0.677. The largest absolute Gasteiger partial charge is 0.460 e. The highest BCUT2D eigenvalue weighted by atomic mass is 16.5. The van der Waals surface area contributed by atoms with Crippen LogP contribution in [0, 0.1) is 0 Å². The number of carbonyl (C=O) groups is 2. The van der Waals surface area contributed by atoms with Crippen molar-refractivity contribution >= 4 is 17.6 Å². The van der Waals surface area contributed by atoms with Crippen LogP contribution in [-0.2, 0) is 4.74 Å². The maximum absolute atomic E-state index is 12.6. The van der Waals surface area contributed by atoms with Gasteiger partial charge in [-0.3, -0.25) is 14.2 Å². The Bertz CT molecular complexity index is 797. The Labute approximate surface area is 139 Å². The molecular formula is C17H19N3O4. The molecule has 0 unspecified atom stereocenters. The Morgan fingerprint density at radius 3 is 2.50 bits per heavy atom. The molecule has 2 rings (SSSR count). The third-order valence-electron chi connectivity index (χ3n) is 3.25. The summed E-state index contributed by atoms with van der Waals surface area (Å²) in [6, 6.07) is 8.19. The van der Waals surface area contributed by atoms with E-state index < -0.39 is 17.4 Å². The molecule has 0 bridgehead atoms. The molecule has 24 heavy (non-hydrogen) atoms. The van der Waals surface area contributed by atoms with E-state index in [0.717, 1.165) is 0 Å². The van der Waals surface area contributed by atoms with Crippen LogP contribution in [0.2, 0.25) is 0 Å². The van der Waals surface area contributed by atoms with E-state index in [-0.39, 0.29) is 24.2 Å². The number of ether oxygens (including phenoxy) is 1. The van der Waals surface area contributed by atoms with Crippen molar-refractivity contribution in [1.29, 1.82) is 0 Å². The summed E-state index contributed by atoms with van der Waals surface area (Å²) in [6.45, 7) is 5.34. The number of amides is 1. The molecule has 0 aliphatic carbocycles. The summed E-state index contributed by atoms with van der Waals surface area (Å²) in [6.07, 6.45) is 1.17. The number of nitrogens with one attached hydrogen (secondary N) is 1. The van der Waals surface area contributed by atoms with Crippen molar-refractivity contribution in [3.63, 3.8) is 0 Å². The quantitative estimate of drug-likeness (QED) is 0.850. The third-order valence-corrected chi connectivity index (χ3v) is 3.25. The number of carbonyl (C=O) groups excluding carboxylic acids is 2. The van der Waals surface area contributed by atoms with Crippen molar-refractivity contribution in [3.05, 3.63) is 58.3 Å². The second-order valence-corrected chi connectivity index (χ2v) is 5.31. The summed E-state index contributed by atoms with van der Waals surface area (Å²) in [5, 5.41) is 2.53. The lowest BCUT2D eigenvalue weighted by Crippen LogP contribution is -2.32. The normalized spacial score (nSPS) is 10.5. The van der Waals surface area contributed by atoms with Crippen LogP contribution in [0.3, 0.4) is 0 Å².